The lowest BCUT2D eigenvalue weighted by atomic mass is 9.95. The zero-order valence-electron chi connectivity index (χ0n) is 11.7. The Bertz CT molecular complexity index is 725. The Balaban J connectivity index is 2.46. The molecule has 1 heterocycles. The predicted molar refractivity (Wildman–Crippen MR) is 84.0 cm³/mol. The first-order valence-corrected chi connectivity index (χ1v) is 7.29. The van der Waals surface area contributed by atoms with E-state index in [9.17, 15) is 10.1 Å². The third kappa shape index (κ3) is 3.35. The molecule has 1 unspecified atom stereocenters. The van der Waals surface area contributed by atoms with Gasteiger partial charge in [0, 0.05) is 6.54 Å². The summed E-state index contributed by atoms with van der Waals surface area (Å²) in [6.07, 6.45) is 0. The molecule has 1 N–H and O–H groups in total. The molecular formula is C15H12Cl2N4O. The normalized spacial score (nSPS) is 11.5. The van der Waals surface area contributed by atoms with Gasteiger partial charge in [-0.1, -0.05) is 35.3 Å². The fraction of sp³-hybridized carbons (Fsp3) is 0.200. The van der Waals surface area contributed by atoms with Gasteiger partial charge in [-0.2, -0.15) is 10.4 Å². The Morgan fingerprint density at radius 1 is 1.32 bits per heavy atom. The van der Waals surface area contributed by atoms with E-state index in [0.29, 0.717) is 23.4 Å². The van der Waals surface area contributed by atoms with Crippen molar-refractivity contribution in [2.45, 2.75) is 12.8 Å². The van der Waals surface area contributed by atoms with Crippen molar-refractivity contribution in [3.8, 4) is 6.07 Å². The highest BCUT2D eigenvalue weighted by Crippen LogP contribution is 2.31. The Kier molecular flexibility index (Phi) is 5.31. The maximum atomic E-state index is 12.0. The number of nitrogens with one attached hydrogen (secondary N) is 1. The number of nitrogens with zero attached hydrogens (tertiary/aromatic N) is 3. The summed E-state index contributed by atoms with van der Waals surface area (Å²) in [4.78, 5) is 12.0. The maximum absolute atomic E-state index is 12.0. The van der Waals surface area contributed by atoms with E-state index >= 15 is 0 Å². The number of nitriles is 1. The summed E-state index contributed by atoms with van der Waals surface area (Å²) in [6, 6.07) is 10.3. The lowest BCUT2D eigenvalue weighted by molar-refractivity contribution is 0.0956. The highest BCUT2D eigenvalue weighted by Gasteiger charge is 2.22. The number of carbonyl (C=O) groups is 1. The van der Waals surface area contributed by atoms with E-state index in [1.807, 2.05) is 6.92 Å². The number of benzene rings is 1. The van der Waals surface area contributed by atoms with Crippen LogP contribution in [0.15, 0.2) is 30.3 Å². The molecule has 0 spiro atoms. The quantitative estimate of drug-likeness (QED) is 0.931. The summed E-state index contributed by atoms with van der Waals surface area (Å²) in [6.45, 7) is 2.31. The third-order valence-corrected chi connectivity index (χ3v) is 3.62. The summed E-state index contributed by atoms with van der Waals surface area (Å²) < 4.78 is 0. The first-order valence-electron chi connectivity index (χ1n) is 6.53. The summed E-state index contributed by atoms with van der Waals surface area (Å²) in [5.74, 6) is -1.01. The van der Waals surface area contributed by atoms with Crippen LogP contribution in [-0.4, -0.2) is 22.6 Å². The van der Waals surface area contributed by atoms with Crippen molar-refractivity contribution in [1.29, 1.82) is 5.26 Å². The Morgan fingerprint density at radius 3 is 2.68 bits per heavy atom. The van der Waals surface area contributed by atoms with Crippen LogP contribution in [0.2, 0.25) is 10.2 Å². The van der Waals surface area contributed by atoms with Crippen molar-refractivity contribution < 1.29 is 4.79 Å². The molecule has 112 valence electrons. The second-order valence-electron chi connectivity index (χ2n) is 4.41. The average Bonchev–Trinajstić information content (AvgIpc) is 2.51. The number of rotatable bonds is 4. The minimum Gasteiger partial charge on any atom is -0.352 e. The molecule has 1 aromatic carbocycles. The van der Waals surface area contributed by atoms with Crippen LogP contribution >= 0.6 is 23.2 Å². The zero-order valence-corrected chi connectivity index (χ0v) is 13.2. The Labute approximate surface area is 137 Å². The summed E-state index contributed by atoms with van der Waals surface area (Å²) >= 11 is 12.0. The average molecular weight is 335 g/mol. The van der Waals surface area contributed by atoms with Gasteiger partial charge in [0.2, 0.25) is 0 Å². The van der Waals surface area contributed by atoms with Crippen molar-refractivity contribution in [3.63, 3.8) is 0 Å². The van der Waals surface area contributed by atoms with Crippen molar-refractivity contribution in [2.24, 2.45) is 0 Å². The fourth-order valence-corrected chi connectivity index (χ4v) is 2.40. The zero-order chi connectivity index (χ0) is 16.1. The van der Waals surface area contributed by atoms with Gasteiger partial charge in [0.25, 0.3) is 5.91 Å². The third-order valence-electron chi connectivity index (χ3n) is 3.00. The molecule has 0 saturated heterocycles. The predicted octanol–water partition coefficient (Wildman–Crippen LogP) is 3.19. The number of amides is 1. The van der Waals surface area contributed by atoms with E-state index in [1.165, 1.54) is 0 Å². The van der Waals surface area contributed by atoms with E-state index in [2.05, 4.69) is 21.6 Å². The first kappa shape index (κ1) is 16.2. The topological polar surface area (TPSA) is 78.7 Å². The van der Waals surface area contributed by atoms with Gasteiger partial charge >= 0.3 is 0 Å². The van der Waals surface area contributed by atoms with Crippen LogP contribution in [0.4, 0.5) is 0 Å². The molecule has 0 bridgehead atoms. The van der Waals surface area contributed by atoms with E-state index in [0.717, 1.165) is 0 Å². The Morgan fingerprint density at radius 2 is 2.09 bits per heavy atom. The number of halogens is 2. The van der Waals surface area contributed by atoms with Gasteiger partial charge in [-0.25, -0.2) is 0 Å². The monoisotopic (exact) mass is 334 g/mol. The van der Waals surface area contributed by atoms with Gasteiger partial charge in [-0.05, 0) is 30.7 Å². The van der Waals surface area contributed by atoms with Gasteiger partial charge in [-0.3, -0.25) is 4.79 Å². The summed E-state index contributed by atoms with van der Waals surface area (Å²) in [5.41, 5.74) is 1.24. The van der Waals surface area contributed by atoms with Crippen molar-refractivity contribution in [1.82, 2.24) is 15.5 Å². The van der Waals surface area contributed by atoms with Gasteiger partial charge in [0.1, 0.15) is 5.92 Å². The molecule has 1 aromatic heterocycles. The largest absolute Gasteiger partial charge is 0.352 e. The molecule has 1 amide bonds. The van der Waals surface area contributed by atoms with Gasteiger partial charge in [0.05, 0.1) is 22.3 Å². The van der Waals surface area contributed by atoms with Crippen molar-refractivity contribution >= 4 is 29.1 Å². The highest BCUT2D eigenvalue weighted by atomic mass is 35.5. The molecule has 2 rings (SSSR count). The fourth-order valence-electron chi connectivity index (χ4n) is 1.98. The first-order chi connectivity index (χ1) is 10.6. The van der Waals surface area contributed by atoms with E-state index in [4.69, 9.17) is 23.2 Å². The van der Waals surface area contributed by atoms with Crippen LogP contribution in [0.25, 0.3) is 0 Å². The van der Waals surface area contributed by atoms with Gasteiger partial charge in [0.15, 0.2) is 5.15 Å². The van der Waals surface area contributed by atoms with Crippen molar-refractivity contribution in [3.05, 3.63) is 57.3 Å². The highest BCUT2D eigenvalue weighted by molar-refractivity contribution is 6.34. The van der Waals surface area contributed by atoms with E-state index in [1.54, 1.807) is 30.3 Å². The number of aromatic nitrogens is 2. The minimum absolute atomic E-state index is 0.233. The number of hydrogen-bond acceptors (Lipinski definition) is 4. The summed E-state index contributed by atoms with van der Waals surface area (Å²) in [5, 5.41) is 20.2. The molecule has 0 saturated carbocycles. The number of carbonyl (C=O) groups excluding carboxylic acids is 1. The second-order valence-corrected chi connectivity index (χ2v) is 5.18. The molecule has 5 nitrogen and oxygen atoms in total. The molecule has 22 heavy (non-hydrogen) atoms. The van der Waals surface area contributed by atoms with Crippen LogP contribution in [0.5, 0.6) is 0 Å². The van der Waals surface area contributed by atoms with E-state index in [-0.39, 0.29) is 16.1 Å². The molecule has 0 aliphatic heterocycles. The summed E-state index contributed by atoms with van der Waals surface area (Å²) in [7, 11) is 0. The molecular weight excluding hydrogens is 323 g/mol. The smallest absolute Gasteiger partial charge is 0.252 e. The molecule has 0 radical (unpaired) electrons. The van der Waals surface area contributed by atoms with Gasteiger partial charge in [-0.15, -0.1) is 5.10 Å². The molecule has 2 aromatic rings. The lowest BCUT2D eigenvalue weighted by Gasteiger charge is -2.13. The van der Waals surface area contributed by atoms with E-state index < -0.39 is 5.92 Å². The Hall–Kier alpha value is -2.16. The molecule has 0 aliphatic carbocycles. The molecule has 0 aliphatic rings. The molecule has 1 atom stereocenters. The maximum Gasteiger partial charge on any atom is 0.252 e. The molecule has 7 heteroatoms. The van der Waals surface area contributed by atoms with Crippen LogP contribution in [-0.2, 0) is 0 Å². The SMILES string of the molecule is CCNC(=O)c1cccc(C(C#N)c2ccc(Cl)nn2)c1Cl. The van der Waals surface area contributed by atoms with Crippen LogP contribution < -0.4 is 5.32 Å². The standard InChI is InChI=1S/C15H12Cl2N4O/c1-2-19-15(22)10-5-3-4-9(14(10)17)11(8-18)12-6-7-13(16)21-20-12/h3-7,11H,2H2,1H3,(H,19,22). The molecule has 0 fully saturated rings. The van der Waals surface area contributed by atoms with Crippen molar-refractivity contribution in [2.75, 3.05) is 6.54 Å². The van der Waals surface area contributed by atoms with Crippen LogP contribution in [0.3, 0.4) is 0 Å². The van der Waals surface area contributed by atoms with Crippen LogP contribution in [0, 0.1) is 11.3 Å². The number of hydrogen-bond donors (Lipinski definition) is 1. The lowest BCUT2D eigenvalue weighted by Crippen LogP contribution is -2.23. The van der Waals surface area contributed by atoms with Crippen LogP contribution in [0.1, 0.15) is 34.5 Å². The minimum atomic E-state index is -0.730. The second kappa shape index (κ2) is 7.21. The van der Waals surface area contributed by atoms with Gasteiger partial charge < -0.3 is 5.32 Å².